The fourth-order valence-electron chi connectivity index (χ4n) is 2.91. The third-order valence-corrected chi connectivity index (χ3v) is 3.88. The summed E-state index contributed by atoms with van der Waals surface area (Å²) in [5.41, 5.74) is -1.01. The Bertz CT molecular complexity index is 451. The summed E-state index contributed by atoms with van der Waals surface area (Å²) in [6.07, 6.45) is 0.161. The van der Waals surface area contributed by atoms with Crippen LogP contribution in [0.15, 0.2) is 0 Å². The highest BCUT2D eigenvalue weighted by Crippen LogP contribution is 2.25. The van der Waals surface area contributed by atoms with Crippen molar-refractivity contribution < 1.29 is 19.1 Å². The molecule has 0 saturated carbocycles. The molecule has 1 aliphatic heterocycles. The first kappa shape index (κ1) is 20.6. The zero-order chi connectivity index (χ0) is 18.7. The quantitative estimate of drug-likeness (QED) is 0.764. The van der Waals surface area contributed by atoms with Crippen LogP contribution in [0.5, 0.6) is 0 Å². The molecular weight excluding hydrogens is 308 g/mol. The lowest BCUT2D eigenvalue weighted by Gasteiger charge is -2.42. The normalized spacial score (nSPS) is 22.1. The van der Waals surface area contributed by atoms with Crippen molar-refractivity contribution in [2.45, 2.75) is 79.1 Å². The van der Waals surface area contributed by atoms with Crippen LogP contribution in [0.4, 0.5) is 9.59 Å². The van der Waals surface area contributed by atoms with Crippen molar-refractivity contribution in [2.75, 3.05) is 19.6 Å². The molecule has 1 fully saturated rings. The maximum Gasteiger partial charge on any atom is 0.410 e. The number of amides is 2. The smallest absolute Gasteiger partial charge is 0.410 e. The van der Waals surface area contributed by atoms with Crippen LogP contribution in [0.25, 0.3) is 0 Å². The van der Waals surface area contributed by atoms with Gasteiger partial charge in [0.05, 0.1) is 0 Å². The van der Waals surface area contributed by atoms with Crippen LogP contribution in [-0.2, 0) is 9.47 Å². The van der Waals surface area contributed by atoms with Crippen molar-refractivity contribution in [1.29, 1.82) is 0 Å². The van der Waals surface area contributed by atoms with Gasteiger partial charge in [-0.05, 0) is 60.8 Å². The van der Waals surface area contributed by atoms with Crippen LogP contribution in [0, 0.1) is 5.92 Å². The fourth-order valence-corrected chi connectivity index (χ4v) is 2.91. The highest BCUT2D eigenvalue weighted by Gasteiger charge is 2.36. The summed E-state index contributed by atoms with van der Waals surface area (Å²) in [6.45, 7) is 17.0. The van der Waals surface area contributed by atoms with Crippen molar-refractivity contribution in [3.05, 3.63) is 0 Å². The molecule has 0 bridgehead atoms. The van der Waals surface area contributed by atoms with Gasteiger partial charge in [-0.15, -0.1) is 0 Å². The first-order valence-corrected chi connectivity index (χ1v) is 8.81. The molecule has 0 aromatic rings. The molecule has 1 rings (SSSR count). The molecule has 0 aromatic carbocycles. The Morgan fingerprint density at radius 1 is 1.08 bits per heavy atom. The Hall–Kier alpha value is -1.46. The molecule has 1 aliphatic rings. The number of carbonyl (C=O) groups excluding carboxylic acids is 2. The van der Waals surface area contributed by atoms with Crippen LogP contribution < -0.4 is 0 Å². The van der Waals surface area contributed by atoms with E-state index in [2.05, 4.69) is 6.92 Å². The molecule has 0 spiro atoms. The van der Waals surface area contributed by atoms with E-state index in [9.17, 15) is 9.59 Å². The second kappa shape index (κ2) is 7.62. The lowest BCUT2D eigenvalue weighted by atomic mass is 9.93. The number of carbonyl (C=O) groups is 2. The summed E-state index contributed by atoms with van der Waals surface area (Å²) in [5, 5.41) is 0. The van der Waals surface area contributed by atoms with E-state index in [1.54, 1.807) is 9.80 Å². The zero-order valence-corrected chi connectivity index (χ0v) is 16.5. The van der Waals surface area contributed by atoms with Gasteiger partial charge >= 0.3 is 12.2 Å². The Morgan fingerprint density at radius 3 is 2.04 bits per heavy atom. The van der Waals surface area contributed by atoms with Crippen LogP contribution >= 0.6 is 0 Å². The minimum atomic E-state index is -0.509. The Kier molecular flexibility index (Phi) is 6.53. The molecule has 0 radical (unpaired) electrons. The molecule has 0 N–H and O–H groups in total. The standard InChI is InChI=1S/C18H34N2O4/c1-9-20(16(22)24-18(6,7)8)14-10-11-19(12-13(14)2)15(21)23-17(3,4)5/h13-14H,9-12H2,1-8H3. The van der Waals surface area contributed by atoms with Gasteiger partial charge in [-0.1, -0.05) is 6.92 Å². The highest BCUT2D eigenvalue weighted by atomic mass is 16.6. The monoisotopic (exact) mass is 342 g/mol. The zero-order valence-electron chi connectivity index (χ0n) is 16.5. The van der Waals surface area contributed by atoms with Gasteiger partial charge in [0.15, 0.2) is 0 Å². The number of piperidine rings is 1. The van der Waals surface area contributed by atoms with E-state index in [4.69, 9.17) is 9.47 Å². The molecule has 2 unspecified atom stereocenters. The molecule has 1 saturated heterocycles. The van der Waals surface area contributed by atoms with E-state index in [0.29, 0.717) is 19.6 Å². The molecule has 2 amide bonds. The van der Waals surface area contributed by atoms with Crippen molar-refractivity contribution >= 4 is 12.2 Å². The largest absolute Gasteiger partial charge is 0.444 e. The fraction of sp³-hybridized carbons (Fsp3) is 0.889. The van der Waals surface area contributed by atoms with Crippen molar-refractivity contribution in [3.63, 3.8) is 0 Å². The summed E-state index contributed by atoms with van der Waals surface area (Å²) in [4.78, 5) is 28.2. The topological polar surface area (TPSA) is 59.1 Å². The van der Waals surface area contributed by atoms with Gasteiger partial charge in [0, 0.05) is 25.7 Å². The predicted molar refractivity (Wildman–Crippen MR) is 94.0 cm³/mol. The molecule has 6 nitrogen and oxygen atoms in total. The summed E-state index contributed by atoms with van der Waals surface area (Å²) in [7, 11) is 0. The van der Waals surface area contributed by atoms with Gasteiger partial charge in [-0.2, -0.15) is 0 Å². The van der Waals surface area contributed by atoms with Crippen LogP contribution in [0.1, 0.15) is 61.8 Å². The molecule has 1 heterocycles. The van der Waals surface area contributed by atoms with E-state index in [0.717, 1.165) is 6.42 Å². The van der Waals surface area contributed by atoms with Gasteiger partial charge in [-0.3, -0.25) is 0 Å². The second-order valence-corrected chi connectivity index (χ2v) is 8.53. The van der Waals surface area contributed by atoms with E-state index >= 15 is 0 Å². The lowest BCUT2D eigenvalue weighted by molar-refractivity contribution is -0.00971. The van der Waals surface area contributed by atoms with Gasteiger partial charge < -0.3 is 19.3 Å². The van der Waals surface area contributed by atoms with Crippen LogP contribution in [-0.4, -0.2) is 58.9 Å². The third-order valence-electron chi connectivity index (χ3n) is 3.88. The van der Waals surface area contributed by atoms with E-state index in [1.807, 2.05) is 48.5 Å². The predicted octanol–water partition coefficient (Wildman–Crippen LogP) is 3.89. The molecule has 0 aliphatic carbocycles. The maximum absolute atomic E-state index is 12.4. The van der Waals surface area contributed by atoms with Crippen molar-refractivity contribution in [2.24, 2.45) is 5.92 Å². The molecule has 0 aromatic heterocycles. The molecule has 2 atom stereocenters. The Balaban J connectivity index is 2.70. The minimum Gasteiger partial charge on any atom is -0.444 e. The van der Waals surface area contributed by atoms with E-state index in [1.165, 1.54) is 0 Å². The Labute approximate surface area is 146 Å². The third kappa shape index (κ3) is 6.21. The summed E-state index contributed by atoms with van der Waals surface area (Å²) >= 11 is 0. The first-order chi connectivity index (χ1) is 10.8. The van der Waals surface area contributed by atoms with Crippen LogP contribution in [0.3, 0.4) is 0 Å². The average molecular weight is 342 g/mol. The van der Waals surface area contributed by atoms with Gasteiger partial charge in [0.25, 0.3) is 0 Å². The van der Waals surface area contributed by atoms with Gasteiger partial charge in [0.1, 0.15) is 11.2 Å². The summed E-state index contributed by atoms with van der Waals surface area (Å²) in [6, 6.07) is 0.0727. The van der Waals surface area contributed by atoms with Gasteiger partial charge in [0.2, 0.25) is 0 Å². The number of nitrogens with zero attached hydrogens (tertiary/aromatic N) is 2. The van der Waals surface area contributed by atoms with E-state index < -0.39 is 11.2 Å². The summed E-state index contributed by atoms with van der Waals surface area (Å²) < 4.78 is 11.0. The second-order valence-electron chi connectivity index (χ2n) is 8.53. The summed E-state index contributed by atoms with van der Waals surface area (Å²) in [5.74, 6) is 0.165. The lowest BCUT2D eigenvalue weighted by Crippen LogP contribution is -2.54. The van der Waals surface area contributed by atoms with Crippen molar-refractivity contribution in [3.8, 4) is 0 Å². The minimum absolute atomic E-state index is 0.0727. The highest BCUT2D eigenvalue weighted by molar-refractivity contribution is 5.69. The van der Waals surface area contributed by atoms with Crippen LogP contribution in [0.2, 0.25) is 0 Å². The number of hydrogen-bond acceptors (Lipinski definition) is 4. The number of ether oxygens (including phenoxy) is 2. The van der Waals surface area contributed by atoms with Crippen molar-refractivity contribution in [1.82, 2.24) is 9.80 Å². The van der Waals surface area contributed by atoms with E-state index in [-0.39, 0.29) is 24.1 Å². The van der Waals surface area contributed by atoms with Gasteiger partial charge in [-0.25, -0.2) is 9.59 Å². The SMILES string of the molecule is CCN(C(=O)OC(C)(C)C)C1CCN(C(=O)OC(C)(C)C)CC1C. The molecule has 6 heteroatoms. The Morgan fingerprint density at radius 2 is 1.62 bits per heavy atom. The molecular formula is C18H34N2O4. The first-order valence-electron chi connectivity index (χ1n) is 8.81. The number of hydrogen-bond donors (Lipinski definition) is 0. The number of likely N-dealkylation sites (tertiary alicyclic amines) is 1. The number of rotatable bonds is 2. The average Bonchev–Trinajstić information content (AvgIpc) is 2.37. The molecule has 140 valence electrons. The maximum atomic E-state index is 12.4. The molecule has 24 heavy (non-hydrogen) atoms.